The number of hydrogen-bond donors (Lipinski definition) is 1. The Bertz CT molecular complexity index is 536. The van der Waals surface area contributed by atoms with Crippen LogP contribution in [-0.4, -0.2) is 44.5 Å². The van der Waals surface area contributed by atoms with E-state index in [9.17, 15) is 8.42 Å². The summed E-state index contributed by atoms with van der Waals surface area (Å²) in [6.07, 6.45) is 5.63. The fraction of sp³-hybridized carbons (Fsp3) is 0.727. The summed E-state index contributed by atoms with van der Waals surface area (Å²) >= 11 is 6.65. The Balaban J connectivity index is 2.09. The van der Waals surface area contributed by atoms with Crippen LogP contribution in [0.4, 0.5) is 0 Å². The molecular weight excluding hydrogens is 306 g/mol. The summed E-state index contributed by atoms with van der Waals surface area (Å²) in [5.74, 6) is 0. The molecule has 1 aliphatic carbocycles. The molecule has 0 atom stereocenters. The highest BCUT2D eigenvalue weighted by molar-refractivity contribution is 7.91. The Morgan fingerprint density at radius 2 is 2.11 bits per heavy atom. The minimum atomic E-state index is -3.50. The molecule has 0 radical (unpaired) electrons. The van der Waals surface area contributed by atoms with E-state index in [4.69, 9.17) is 11.6 Å². The molecule has 1 saturated carbocycles. The number of rotatable bonds is 5. The summed E-state index contributed by atoms with van der Waals surface area (Å²) in [4.78, 5) is 5.90. The van der Waals surface area contributed by atoms with Gasteiger partial charge in [0.05, 0.1) is 6.20 Å². The SMILES string of the molecule is CN(C)C1(CNS(=O)(=O)c2cnc(Cl)s2)CCCC1. The zero-order valence-electron chi connectivity index (χ0n) is 11.0. The van der Waals surface area contributed by atoms with Gasteiger partial charge >= 0.3 is 0 Å². The van der Waals surface area contributed by atoms with Gasteiger partial charge in [0, 0.05) is 12.1 Å². The Kier molecular flexibility index (Phi) is 4.52. The van der Waals surface area contributed by atoms with Crippen LogP contribution >= 0.6 is 22.9 Å². The molecule has 1 aromatic heterocycles. The van der Waals surface area contributed by atoms with E-state index in [2.05, 4.69) is 14.6 Å². The van der Waals surface area contributed by atoms with Gasteiger partial charge in [-0.3, -0.25) is 0 Å². The van der Waals surface area contributed by atoms with Crippen molar-refractivity contribution < 1.29 is 8.42 Å². The van der Waals surface area contributed by atoms with Gasteiger partial charge in [-0.25, -0.2) is 18.1 Å². The van der Waals surface area contributed by atoms with Crippen molar-refractivity contribution in [3.63, 3.8) is 0 Å². The third-order valence-electron chi connectivity index (χ3n) is 3.80. The van der Waals surface area contributed by atoms with Crippen molar-refractivity contribution in [2.75, 3.05) is 20.6 Å². The molecule has 19 heavy (non-hydrogen) atoms. The zero-order valence-corrected chi connectivity index (χ0v) is 13.4. The molecule has 0 aliphatic heterocycles. The van der Waals surface area contributed by atoms with Gasteiger partial charge in [0.2, 0.25) is 0 Å². The number of likely N-dealkylation sites (N-methyl/N-ethyl adjacent to an activating group) is 1. The molecule has 108 valence electrons. The van der Waals surface area contributed by atoms with E-state index in [1.54, 1.807) is 0 Å². The van der Waals surface area contributed by atoms with Crippen molar-refractivity contribution >= 4 is 33.0 Å². The molecule has 8 heteroatoms. The standard InChI is InChI=1S/C11H18ClN3O2S2/c1-15(2)11(5-3-4-6-11)8-14-19(16,17)9-7-13-10(12)18-9/h7,14H,3-6,8H2,1-2H3. The predicted molar refractivity (Wildman–Crippen MR) is 77.2 cm³/mol. The van der Waals surface area contributed by atoms with Crippen molar-refractivity contribution in [3.8, 4) is 0 Å². The van der Waals surface area contributed by atoms with Crippen LogP contribution in [0.15, 0.2) is 10.4 Å². The molecule has 0 spiro atoms. The molecule has 0 amide bonds. The molecule has 0 unspecified atom stereocenters. The van der Waals surface area contributed by atoms with Gasteiger partial charge in [0.25, 0.3) is 10.0 Å². The van der Waals surface area contributed by atoms with Crippen LogP contribution in [0, 0.1) is 0 Å². The summed E-state index contributed by atoms with van der Waals surface area (Å²) < 4.78 is 27.4. The van der Waals surface area contributed by atoms with E-state index in [1.165, 1.54) is 6.20 Å². The minimum Gasteiger partial charge on any atom is -0.302 e. The molecule has 1 N–H and O–H groups in total. The molecule has 0 bridgehead atoms. The molecule has 2 rings (SSSR count). The van der Waals surface area contributed by atoms with Crippen molar-refractivity contribution in [1.29, 1.82) is 0 Å². The lowest BCUT2D eigenvalue weighted by atomic mass is 9.97. The fourth-order valence-corrected chi connectivity index (χ4v) is 4.94. The molecular formula is C11H18ClN3O2S2. The first-order valence-corrected chi connectivity index (χ1v) is 8.82. The van der Waals surface area contributed by atoms with Gasteiger partial charge in [0.15, 0.2) is 8.68 Å². The number of sulfonamides is 1. The van der Waals surface area contributed by atoms with Gasteiger partial charge in [-0.05, 0) is 26.9 Å². The second-order valence-electron chi connectivity index (χ2n) is 5.08. The number of thiazole rings is 1. The first kappa shape index (κ1) is 15.2. The molecule has 1 heterocycles. The lowest BCUT2D eigenvalue weighted by Gasteiger charge is -2.36. The van der Waals surface area contributed by atoms with Crippen molar-refractivity contribution in [3.05, 3.63) is 10.7 Å². The highest BCUT2D eigenvalue weighted by Gasteiger charge is 2.37. The van der Waals surface area contributed by atoms with Gasteiger partial charge in [-0.2, -0.15) is 0 Å². The van der Waals surface area contributed by atoms with E-state index < -0.39 is 10.0 Å². The molecule has 5 nitrogen and oxygen atoms in total. The third kappa shape index (κ3) is 3.28. The van der Waals surface area contributed by atoms with E-state index in [0.29, 0.717) is 6.54 Å². The second kappa shape index (κ2) is 5.65. The monoisotopic (exact) mass is 323 g/mol. The molecule has 1 fully saturated rings. The summed E-state index contributed by atoms with van der Waals surface area (Å²) in [6, 6.07) is 0. The lowest BCUT2D eigenvalue weighted by molar-refractivity contribution is 0.162. The Hall–Kier alpha value is -0.210. The largest absolute Gasteiger partial charge is 0.302 e. The van der Waals surface area contributed by atoms with Crippen LogP contribution in [0.5, 0.6) is 0 Å². The van der Waals surface area contributed by atoms with Gasteiger partial charge < -0.3 is 4.90 Å². The maximum Gasteiger partial charge on any atom is 0.251 e. The maximum absolute atomic E-state index is 12.1. The van der Waals surface area contributed by atoms with Crippen LogP contribution in [0.25, 0.3) is 0 Å². The quantitative estimate of drug-likeness (QED) is 0.899. The first-order valence-electron chi connectivity index (χ1n) is 6.14. The summed E-state index contributed by atoms with van der Waals surface area (Å²) in [5, 5.41) is 0. The van der Waals surface area contributed by atoms with Gasteiger partial charge in [0.1, 0.15) is 0 Å². The van der Waals surface area contributed by atoms with Crippen LogP contribution in [-0.2, 0) is 10.0 Å². The third-order valence-corrected chi connectivity index (χ3v) is 6.77. The van der Waals surface area contributed by atoms with Gasteiger partial charge in [-0.15, -0.1) is 0 Å². The van der Waals surface area contributed by atoms with Crippen LogP contribution in [0.3, 0.4) is 0 Å². The zero-order chi connectivity index (χ0) is 14.1. The summed E-state index contributed by atoms with van der Waals surface area (Å²) in [6.45, 7) is 0.428. The number of hydrogen-bond acceptors (Lipinski definition) is 5. The number of nitrogens with one attached hydrogen (secondary N) is 1. The van der Waals surface area contributed by atoms with E-state index in [0.717, 1.165) is 37.0 Å². The minimum absolute atomic E-state index is 0.0679. The molecule has 1 aromatic rings. The Morgan fingerprint density at radius 3 is 2.58 bits per heavy atom. The van der Waals surface area contributed by atoms with Crippen molar-refractivity contribution in [1.82, 2.24) is 14.6 Å². The topological polar surface area (TPSA) is 62.3 Å². The fourth-order valence-electron chi connectivity index (χ4n) is 2.48. The average Bonchev–Trinajstić information content (AvgIpc) is 2.96. The van der Waals surface area contributed by atoms with E-state index in [-0.39, 0.29) is 14.2 Å². The average molecular weight is 324 g/mol. The lowest BCUT2D eigenvalue weighted by Crippen LogP contribution is -2.50. The number of halogens is 1. The number of nitrogens with zero attached hydrogens (tertiary/aromatic N) is 2. The second-order valence-corrected chi connectivity index (χ2v) is 8.69. The summed E-state index contributed by atoms with van der Waals surface area (Å²) in [7, 11) is 0.503. The van der Waals surface area contributed by atoms with Crippen LogP contribution < -0.4 is 4.72 Å². The Morgan fingerprint density at radius 1 is 1.47 bits per heavy atom. The van der Waals surface area contributed by atoms with Crippen LogP contribution in [0.2, 0.25) is 4.47 Å². The number of aromatic nitrogens is 1. The van der Waals surface area contributed by atoms with Crippen molar-refractivity contribution in [2.45, 2.75) is 35.4 Å². The highest BCUT2D eigenvalue weighted by atomic mass is 35.5. The highest BCUT2D eigenvalue weighted by Crippen LogP contribution is 2.33. The summed E-state index contributed by atoms with van der Waals surface area (Å²) in [5.41, 5.74) is -0.0679. The van der Waals surface area contributed by atoms with Crippen LogP contribution in [0.1, 0.15) is 25.7 Å². The predicted octanol–water partition coefficient (Wildman–Crippen LogP) is 1.95. The smallest absolute Gasteiger partial charge is 0.251 e. The molecule has 1 aliphatic rings. The van der Waals surface area contributed by atoms with E-state index in [1.807, 2.05) is 14.1 Å². The molecule has 0 aromatic carbocycles. The normalized spacial score (nSPS) is 19.2. The first-order chi connectivity index (χ1) is 8.86. The Labute approximate surface area is 123 Å². The van der Waals surface area contributed by atoms with E-state index >= 15 is 0 Å². The maximum atomic E-state index is 12.1. The van der Waals surface area contributed by atoms with Gasteiger partial charge in [-0.1, -0.05) is 35.8 Å². The molecule has 0 saturated heterocycles. The van der Waals surface area contributed by atoms with Crippen molar-refractivity contribution in [2.24, 2.45) is 0 Å².